The van der Waals surface area contributed by atoms with Gasteiger partial charge in [0.2, 0.25) is 0 Å². The van der Waals surface area contributed by atoms with Gasteiger partial charge in [-0.05, 0) is 19.1 Å². The van der Waals surface area contributed by atoms with Gasteiger partial charge in [0.15, 0.2) is 0 Å². The Balaban J connectivity index is 1.80. The highest BCUT2D eigenvalue weighted by Gasteiger charge is 2.14. The highest BCUT2D eigenvalue weighted by molar-refractivity contribution is 5.93. The summed E-state index contributed by atoms with van der Waals surface area (Å²) in [5.41, 5.74) is 1.31. The predicted molar refractivity (Wildman–Crippen MR) is 82.5 cm³/mol. The lowest BCUT2D eigenvalue weighted by Gasteiger charge is -2.07. The van der Waals surface area contributed by atoms with Crippen LogP contribution in [0.2, 0.25) is 0 Å². The maximum absolute atomic E-state index is 12.0. The molecule has 2 aromatic heterocycles. The number of aliphatic carboxylic acids is 1. The lowest BCUT2D eigenvalue weighted by Crippen LogP contribution is -2.35. The van der Waals surface area contributed by atoms with Gasteiger partial charge in [0.25, 0.3) is 11.8 Å². The molecule has 128 valence electrons. The van der Waals surface area contributed by atoms with E-state index in [1.54, 1.807) is 17.8 Å². The monoisotopic (exact) mass is 334 g/mol. The zero-order valence-corrected chi connectivity index (χ0v) is 13.3. The average molecular weight is 334 g/mol. The standard InChI is InChI=1S/C14H18N6O4/c1-9-7-10(18-19(9)2)13(23)15-5-6-16-14(24)11-3-4-17-20(11)8-12(21)22/h3-4,7H,5-6,8H2,1-2H3,(H,15,23)(H,16,24)(H,21,22). The van der Waals surface area contributed by atoms with E-state index in [0.29, 0.717) is 5.69 Å². The lowest BCUT2D eigenvalue weighted by atomic mass is 10.3. The molecule has 2 aromatic rings. The van der Waals surface area contributed by atoms with E-state index in [-0.39, 0.29) is 24.7 Å². The first-order valence-corrected chi connectivity index (χ1v) is 7.19. The molecule has 2 amide bonds. The largest absolute Gasteiger partial charge is 0.480 e. The van der Waals surface area contributed by atoms with Crippen LogP contribution in [0.3, 0.4) is 0 Å². The third-order valence-electron chi connectivity index (χ3n) is 3.28. The van der Waals surface area contributed by atoms with Gasteiger partial charge in [-0.25, -0.2) is 4.68 Å². The molecule has 0 bridgehead atoms. The Morgan fingerprint density at radius 3 is 2.46 bits per heavy atom. The minimum Gasteiger partial charge on any atom is -0.480 e. The molecule has 10 heteroatoms. The highest BCUT2D eigenvalue weighted by atomic mass is 16.4. The normalized spacial score (nSPS) is 10.4. The zero-order valence-electron chi connectivity index (χ0n) is 13.3. The second kappa shape index (κ2) is 7.40. The van der Waals surface area contributed by atoms with E-state index in [1.165, 1.54) is 12.3 Å². The van der Waals surface area contributed by atoms with Crippen LogP contribution in [0.15, 0.2) is 18.3 Å². The Morgan fingerprint density at radius 1 is 1.21 bits per heavy atom. The van der Waals surface area contributed by atoms with Crippen molar-refractivity contribution in [3.63, 3.8) is 0 Å². The van der Waals surface area contributed by atoms with Gasteiger partial charge >= 0.3 is 5.97 Å². The summed E-state index contributed by atoms with van der Waals surface area (Å²) >= 11 is 0. The van der Waals surface area contributed by atoms with Crippen molar-refractivity contribution in [1.29, 1.82) is 0 Å². The molecule has 0 fully saturated rings. The molecule has 0 aromatic carbocycles. The van der Waals surface area contributed by atoms with Crippen LogP contribution in [-0.4, -0.2) is 55.5 Å². The van der Waals surface area contributed by atoms with E-state index in [4.69, 9.17) is 5.11 Å². The lowest BCUT2D eigenvalue weighted by molar-refractivity contribution is -0.137. The summed E-state index contributed by atoms with van der Waals surface area (Å²) in [5.74, 6) is -1.88. The molecule has 0 aliphatic carbocycles. The Bertz CT molecular complexity index is 744. The highest BCUT2D eigenvalue weighted by Crippen LogP contribution is 2.01. The maximum Gasteiger partial charge on any atom is 0.325 e. The van der Waals surface area contributed by atoms with E-state index in [1.807, 2.05) is 6.92 Å². The minimum atomic E-state index is -1.09. The number of nitrogens with zero attached hydrogens (tertiary/aromatic N) is 4. The second-order valence-electron chi connectivity index (χ2n) is 5.07. The van der Waals surface area contributed by atoms with Crippen molar-refractivity contribution in [2.45, 2.75) is 13.5 Å². The van der Waals surface area contributed by atoms with Gasteiger partial charge in [-0.15, -0.1) is 0 Å². The molecule has 0 spiro atoms. The first-order valence-electron chi connectivity index (χ1n) is 7.19. The van der Waals surface area contributed by atoms with Crippen LogP contribution in [0.25, 0.3) is 0 Å². The van der Waals surface area contributed by atoms with Crippen LogP contribution in [0.1, 0.15) is 26.7 Å². The molecule has 3 N–H and O–H groups in total. The first kappa shape index (κ1) is 17.2. The van der Waals surface area contributed by atoms with Crippen LogP contribution in [0, 0.1) is 6.92 Å². The summed E-state index contributed by atoms with van der Waals surface area (Å²) < 4.78 is 2.69. The van der Waals surface area contributed by atoms with Crippen molar-refractivity contribution < 1.29 is 19.5 Å². The van der Waals surface area contributed by atoms with Crippen molar-refractivity contribution in [1.82, 2.24) is 30.2 Å². The van der Waals surface area contributed by atoms with Crippen LogP contribution in [-0.2, 0) is 18.4 Å². The van der Waals surface area contributed by atoms with Crippen LogP contribution in [0.5, 0.6) is 0 Å². The van der Waals surface area contributed by atoms with E-state index >= 15 is 0 Å². The number of hydrogen-bond donors (Lipinski definition) is 3. The zero-order chi connectivity index (χ0) is 17.7. The van der Waals surface area contributed by atoms with Gasteiger partial charge < -0.3 is 15.7 Å². The SMILES string of the molecule is Cc1cc(C(=O)NCCNC(=O)c2ccnn2CC(=O)O)nn1C. The Labute approximate surface area is 137 Å². The number of hydrogen-bond acceptors (Lipinski definition) is 5. The number of aryl methyl sites for hydroxylation is 2. The average Bonchev–Trinajstić information content (AvgIpc) is 3.10. The maximum atomic E-state index is 12.0. The van der Waals surface area contributed by atoms with E-state index in [0.717, 1.165) is 10.4 Å². The van der Waals surface area contributed by atoms with Gasteiger partial charge in [-0.1, -0.05) is 0 Å². The molecular weight excluding hydrogens is 316 g/mol. The van der Waals surface area contributed by atoms with E-state index in [2.05, 4.69) is 20.8 Å². The molecule has 0 aliphatic rings. The van der Waals surface area contributed by atoms with Gasteiger partial charge in [0.1, 0.15) is 17.9 Å². The fourth-order valence-electron chi connectivity index (χ4n) is 1.98. The quantitative estimate of drug-likeness (QED) is 0.566. The van der Waals surface area contributed by atoms with Crippen molar-refractivity contribution in [3.05, 3.63) is 35.4 Å². The summed E-state index contributed by atoms with van der Waals surface area (Å²) in [6, 6.07) is 3.09. The Morgan fingerprint density at radius 2 is 1.88 bits per heavy atom. The third kappa shape index (κ3) is 4.18. The molecular formula is C14H18N6O4. The Kier molecular flexibility index (Phi) is 5.30. The molecule has 2 rings (SSSR count). The molecule has 0 atom stereocenters. The van der Waals surface area contributed by atoms with E-state index < -0.39 is 18.4 Å². The Hall–Kier alpha value is -3.17. The predicted octanol–water partition coefficient (Wildman–Crippen LogP) is -0.831. The van der Waals surface area contributed by atoms with Gasteiger partial charge in [0, 0.05) is 32.0 Å². The summed E-state index contributed by atoms with van der Waals surface area (Å²) in [6.45, 7) is 1.84. The van der Waals surface area contributed by atoms with Crippen LogP contribution >= 0.6 is 0 Å². The van der Waals surface area contributed by atoms with Crippen molar-refractivity contribution in [2.75, 3.05) is 13.1 Å². The number of carboxylic acids is 1. The summed E-state index contributed by atoms with van der Waals surface area (Å²) in [6.07, 6.45) is 1.35. The molecule has 10 nitrogen and oxygen atoms in total. The third-order valence-corrected chi connectivity index (χ3v) is 3.28. The van der Waals surface area contributed by atoms with Crippen molar-refractivity contribution >= 4 is 17.8 Å². The fourth-order valence-corrected chi connectivity index (χ4v) is 1.98. The molecule has 0 unspecified atom stereocenters. The number of rotatable bonds is 7. The van der Waals surface area contributed by atoms with Gasteiger partial charge in [-0.3, -0.25) is 19.1 Å². The number of nitrogens with one attached hydrogen (secondary N) is 2. The molecule has 2 heterocycles. The summed E-state index contributed by atoms with van der Waals surface area (Å²) in [4.78, 5) is 34.5. The second-order valence-corrected chi connectivity index (χ2v) is 5.07. The molecule has 0 radical (unpaired) electrons. The fraction of sp³-hybridized carbons (Fsp3) is 0.357. The van der Waals surface area contributed by atoms with Crippen LogP contribution < -0.4 is 10.6 Å². The molecule has 0 saturated heterocycles. The van der Waals surface area contributed by atoms with E-state index in [9.17, 15) is 14.4 Å². The number of aromatic nitrogens is 4. The summed E-state index contributed by atoms with van der Waals surface area (Å²) in [5, 5.41) is 21.8. The minimum absolute atomic E-state index is 0.143. The molecule has 24 heavy (non-hydrogen) atoms. The molecule has 0 aliphatic heterocycles. The first-order chi connectivity index (χ1) is 11.4. The van der Waals surface area contributed by atoms with Gasteiger partial charge in [0.05, 0.1) is 0 Å². The van der Waals surface area contributed by atoms with Crippen LogP contribution in [0.4, 0.5) is 0 Å². The number of carbonyl (C=O) groups excluding carboxylic acids is 2. The van der Waals surface area contributed by atoms with Gasteiger partial charge in [-0.2, -0.15) is 10.2 Å². The number of carboxylic acid groups (broad SMARTS) is 1. The number of carbonyl (C=O) groups is 3. The topological polar surface area (TPSA) is 131 Å². The van der Waals surface area contributed by atoms with Crippen molar-refractivity contribution in [3.8, 4) is 0 Å². The number of amides is 2. The summed E-state index contributed by atoms with van der Waals surface area (Å²) in [7, 11) is 1.74. The smallest absolute Gasteiger partial charge is 0.325 e. The molecule has 0 saturated carbocycles. The van der Waals surface area contributed by atoms with Crippen molar-refractivity contribution in [2.24, 2.45) is 7.05 Å².